The lowest BCUT2D eigenvalue weighted by atomic mass is 10.0. The van der Waals surface area contributed by atoms with Gasteiger partial charge in [-0.25, -0.2) is 0 Å². The lowest BCUT2D eigenvalue weighted by Gasteiger charge is -2.12. The van der Waals surface area contributed by atoms with Crippen LogP contribution in [0.1, 0.15) is 24.9 Å². The van der Waals surface area contributed by atoms with Crippen molar-refractivity contribution in [2.45, 2.75) is 19.4 Å². The minimum absolute atomic E-state index is 0. The number of hydrogen-bond acceptors (Lipinski definition) is 1. The molecular formula is C11H14Br2ClN. The molecule has 1 rings (SSSR count). The van der Waals surface area contributed by atoms with Crippen molar-refractivity contribution in [2.75, 3.05) is 0 Å². The summed E-state index contributed by atoms with van der Waals surface area (Å²) in [4.78, 5) is 0. The first kappa shape index (κ1) is 15.2. The Kier molecular flexibility index (Phi) is 6.76. The number of benzene rings is 1. The van der Waals surface area contributed by atoms with E-state index in [0.717, 1.165) is 26.5 Å². The zero-order valence-corrected chi connectivity index (χ0v) is 12.5. The van der Waals surface area contributed by atoms with Gasteiger partial charge < -0.3 is 5.73 Å². The smallest absolute Gasteiger partial charge is 0.0333 e. The summed E-state index contributed by atoms with van der Waals surface area (Å²) in [6.45, 7) is 5.85. The van der Waals surface area contributed by atoms with Crippen LogP contribution < -0.4 is 5.73 Å². The molecule has 0 aliphatic rings. The second kappa shape index (κ2) is 6.69. The summed E-state index contributed by atoms with van der Waals surface area (Å²) in [5, 5.41) is 0. The third kappa shape index (κ3) is 5.16. The Morgan fingerprint density at radius 1 is 1.33 bits per heavy atom. The number of hydrogen-bond donors (Lipinski definition) is 1. The third-order valence-electron chi connectivity index (χ3n) is 1.88. The van der Waals surface area contributed by atoms with E-state index < -0.39 is 0 Å². The van der Waals surface area contributed by atoms with E-state index in [0.29, 0.717) is 0 Å². The molecule has 2 N–H and O–H groups in total. The van der Waals surface area contributed by atoms with Gasteiger partial charge in [-0.15, -0.1) is 19.0 Å². The molecule has 0 fully saturated rings. The molecule has 0 saturated carbocycles. The zero-order chi connectivity index (χ0) is 10.7. The van der Waals surface area contributed by atoms with Gasteiger partial charge in [-0.2, -0.15) is 0 Å². The van der Waals surface area contributed by atoms with Gasteiger partial charge in [-0.05, 0) is 37.1 Å². The molecule has 1 nitrogen and oxygen atoms in total. The van der Waals surface area contributed by atoms with Crippen LogP contribution in [0.15, 0.2) is 39.3 Å². The van der Waals surface area contributed by atoms with Crippen molar-refractivity contribution in [1.29, 1.82) is 0 Å². The minimum Gasteiger partial charge on any atom is -0.324 e. The summed E-state index contributed by atoms with van der Waals surface area (Å²) in [5.41, 5.74) is 8.26. The van der Waals surface area contributed by atoms with Crippen LogP contribution in [0.5, 0.6) is 0 Å². The fraction of sp³-hybridized carbons (Fsp3) is 0.273. The van der Waals surface area contributed by atoms with Crippen molar-refractivity contribution in [3.63, 3.8) is 0 Å². The van der Waals surface area contributed by atoms with Gasteiger partial charge in [0.05, 0.1) is 0 Å². The van der Waals surface area contributed by atoms with E-state index in [4.69, 9.17) is 5.73 Å². The second-order valence-corrected chi connectivity index (χ2v) is 5.30. The van der Waals surface area contributed by atoms with Crippen molar-refractivity contribution < 1.29 is 0 Å². The van der Waals surface area contributed by atoms with Crippen LogP contribution in [0.25, 0.3) is 0 Å². The van der Waals surface area contributed by atoms with Gasteiger partial charge in [0, 0.05) is 15.0 Å². The van der Waals surface area contributed by atoms with Crippen LogP contribution in [0.2, 0.25) is 0 Å². The molecule has 0 amide bonds. The molecule has 0 spiro atoms. The van der Waals surface area contributed by atoms with Crippen molar-refractivity contribution in [3.05, 3.63) is 44.9 Å². The first-order valence-electron chi connectivity index (χ1n) is 4.35. The highest BCUT2D eigenvalue weighted by Gasteiger charge is 2.07. The third-order valence-corrected chi connectivity index (χ3v) is 2.80. The minimum atomic E-state index is 0. The Bertz CT molecular complexity index is 332. The molecule has 0 aliphatic carbocycles. The monoisotopic (exact) mass is 353 g/mol. The van der Waals surface area contributed by atoms with Gasteiger partial charge in [-0.1, -0.05) is 37.4 Å². The summed E-state index contributed by atoms with van der Waals surface area (Å²) in [5.74, 6) is 0. The van der Waals surface area contributed by atoms with E-state index in [-0.39, 0.29) is 18.4 Å². The van der Waals surface area contributed by atoms with Crippen molar-refractivity contribution in [2.24, 2.45) is 5.73 Å². The van der Waals surface area contributed by atoms with Gasteiger partial charge in [0.15, 0.2) is 0 Å². The summed E-state index contributed by atoms with van der Waals surface area (Å²) < 4.78 is 2.08. The van der Waals surface area contributed by atoms with E-state index in [1.165, 1.54) is 0 Å². The molecule has 0 saturated heterocycles. The largest absolute Gasteiger partial charge is 0.324 e. The first-order chi connectivity index (χ1) is 6.49. The lowest BCUT2D eigenvalue weighted by molar-refractivity contribution is 0.716. The normalized spacial score (nSPS) is 11.7. The molecule has 1 aromatic carbocycles. The molecule has 15 heavy (non-hydrogen) atoms. The van der Waals surface area contributed by atoms with Crippen LogP contribution in [0.3, 0.4) is 0 Å². The van der Waals surface area contributed by atoms with Gasteiger partial charge >= 0.3 is 0 Å². The number of rotatable bonds is 3. The zero-order valence-electron chi connectivity index (χ0n) is 8.47. The second-order valence-electron chi connectivity index (χ2n) is 3.47. The van der Waals surface area contributed by atoms with E-state index in [1.807, 2.05) is 25.1 Å². The Morgan fingerprint density at radius 2 is 1.80 bits per heavy atom. The Balaban J connectivity index is 0.00000196. The highest BCUT2D eigenvalue weighted by Crippen LogP contribution is 2.25. The van der Waals surface area contributed by atoms with Gasteiger partial charge in [0.25, 0.3) is 0 Å². The van der Waals surface area contributed by atoms with Crippen LogP contribution in [0.4, 0.5) is 0 Å². The fourth-order valence-electron chi connectivity index (χ4n) is 1.28. The van der Waals surface area contributed by atoms with Crippen molar-refractivity contribution >= 4 is 44.3 Å². The molecule has 0 bridgehead atoms. The van der Waals surface area contributed by atoms with Gasteiger partial charge in [0.2, 0.25) is 0 Å². The predicted molar refractivity (Wildman–Crippen MR) is 75.4 cm³/mol. The molecule has 0 aromatic heterocycles. The molecule has 0 heterocycles. The lowest BCUT2D eigenvalue weighted by Crippen LogP contribution is -2.10. The topological polar surface area (TPSA) is 26.0 Å². The van der Waals surface area contributed by atoms with E-state index in [1.54, 1.807) is 0 Å². The highest BCUT2D eigenvalue weighted by molar-refractivity contribution is 9.11. The first-order valence-corrected chi connectivity index (χ1v) is 5.93. The molecule has 1 aromatic rings. The predicted octanol–water partition coefficient (Wildman–Crippen LogP) is 4.60. The standard InChI is InChI=1S/C11H13Br2N.ClH/c1-7(2)3-11(14)8-4-9(12)6-10(13)5-8;/h4-6,11H,1,3,14H2,2H3;1H/t11-;/m1./s1. The average Bonchev–Trinajstić information content (AvgIpc) is 2.00. The van der Waals surface area contributed by atoms with Crippen LogP contribution in [0, 0.1) is 0 Å². The quantitative estimate of drug-likeness (QED) is 0.788. The van der Waals surface area contributed by atoms with Crippen LogP contribution in [-0.2, 0) is 0 Å². The Morgan fingerprint density at radius 3 is 2.20 bits per heavy atom. The van der Waals surface area contributed by atoms with Crippen LogP contribution >= 0.6 is 44.3 Å². The fourth-order valence-corrected chi connectivity index (χ4v) is 2.61. The average molecular weight is 356 g/mol. The van der Waals surface area contributed by atoms with E-state index >= 15 is 0 Å². The molecule has 1 atom stereocenters. The Labute approximate surface area is 114 Å². The summed E-state index contributed by atoms with van der Waals surface area (Å²) in [7, 11) is 0. The summed E-state index contributed by atoms with van der Waals surface area (Å²) in [6.07, 6.45) is 0.822. The van der Waals surface area contributed by atoms with E-state index in [2.05, 4.69) is 38.4 Å². The maximum absolute atomic E-state index is 6.03. The summed E-state index contributed by atoms with van der Waals surface area (Å²) >= 11 is 6.88. The van der Waals surface area contributed by atoms with Crippen LogP contribution in [-0.4, -0.2) is 0 Å². The highest BCUT2D eigenvalue weighted by atomic mass is 79.9. The number of halogens is 3. The van der Waals surface area contributed by atoms with E-state index in [9.17, 15) is 0 Å². The number of nitrogens with two attached hydrogens (primary N) is 1. The Hall–Kier alpha value is 0.170. The van der Waals surface area contributed by atoms with Crippen molar-refractivity contribution in [3.8, 4) is 0 Å². The molecule has 0 aliphatic heterocycles. The van der Waals surface area contributed by atoms with Gasteiger partial charge in [0.1, 0.15) is 0 Å². The van der Waals surface area contributed by atoms with Crippen molar-refractivity contribution in [1.82, 2.24) is 0 Å². The summed E-state index contributed by atoms with van der Waals surface area (Å²) in [6, 6.07) is 6.11. The molecule has 84 valence electrons. The molecular weight excluding hydrogens is 341 g/mol. The maximum atomic E-state index is 6.03. The van der Waals surface area contributed by atoms with Gasteiger partial charge in [-0.3, -0.25) is 0 Å². The molecule has 4 heteroatoms. The maximum Gasteiger partial charge on any atom is 0.0333 e. The molecule has 0 unspecified atom stereocenters. The molecule has 0 radical (unpaired) electrons. The SMILES string of the molecule is C=C(C)C[C@@H](N)c1cc(Br)cc(Br)c1.Cl.